The molecule has 2 aromatic rings. The molecule has 0 radical (unpaired) electrons. The Bertz CT molecular complexity index is 829. The van der Waals surface area contributed by atoms with Crippen LogP contribution in [-0.4, -0.2) is 18.5 Å². The number of rotatable bonds is 4. The monoisotopic (exact) mass is 360 g/mol. The van der Waals surface area contributed by atoms with Crippen LogP contribution in [0.5, 0.6) is 0 Å². The highest BCUT2D eigenvalue weighted by atomic mass is 16.1. The summed E-state index contributed by atoms with van der Waals surface area (Å²) in [6, 6.07) is 17.4. The highest BCUT2D eigenvalue weighted by Gasteiger charge is 2.40. The van der Waals surface area contributed by atoms with Crippen molar-refractivity contribution in [3.05, 3.63) is 65.2 Å². The molecule has 2 bridgehead atoms. The van der Waals surface area contributed by atoms with E-state index in [-0.39, 0.29) is 5.91 Å². The third-order valence-corrected chi connectivity index (χ3v) is 6.85. The van der Waals surface area contributed by atoms with Crippen LogP contribution in [0.15, 0.2) is 48.5 Å². The van der Waals surface area contributed by atoms with Gasteiger partial charge in [-0.05, 0) is 73.3 Å². The minimum Gasteiger partial charge on any atom is -0.367 e. The van der Waals surface area contributed by atoms with Crippen molar-refractivity contribution < 1.29 is 4.79 Å². The van der Waals surface area contributed by atoms with Crippen LogP contribution in [0.3, 0.4) is 0 Å². The lowest BCUT2D eigenvalue weighted by Crippen LogP contribution is -2.38. The Labute approximate surface area is 161 Å². The van der Waals surface area contributed by atoms with E-state index in [9.17, 15) is 4.79 Å². The van der Waals surface area contributed by atoms with Crippen LogP contribution in [0.1, 0.15) is 53.6 Å². The molecule has 27 heavy (non-hydrogen) atoms. The summed E-state index contributed by atoms with van der Waals surface area (Å²) in [4.78, 5) is 15.1. The van der Waals surface area contributed by atoms with E-state index >= 15 is 0 Å². The number of fused-ring (bicyclic) bond motifs is 3. The molecule has 3 heteroatoms. The van der Waals surface area contributed by atoms with Gasteiger partial charge in [-0.1, -0.05) is 36.8 Å². The molecule has 2 aliphatic carbocycles. The van der Waals surface area contributed by atoms with Gasteiger partial charge in [-0.15, -0.1) is 0 Å². The molecular weight excluding hydrogens is 332 g/mol. The predicted octanol–water partition coefficient (Wildman–Crippen LogP) is 4.56. The zero-order chi connectivity index (χ0) is 18.2. The lowest BCUT2D eigenvalue weighted by Gasteiger charge is -2.31. The number of anilines is 1. The first kappa shape index (κ1) is 16.9. The molecule has 3 nitrogen and oxygen atoms in total. The Balaban J connectivity index is 1.24. The van der Waals surface area contributed by atoms with E-state index in [1.807, 2.05) is 12.1 Å². The number of hydrogen-bond acceptors (Lipinski definition) is 2. The van der Waals surface area contributed by atoms with Gasteiger partial charge in [0.15, 0.2) is 0 Å². The maximum absolute atomic E-state index is 12.6. The van der Waals surface area contributed by atoms with Crippen LogP contribution in [0.2, 0.25) is 0 Å². The molecular formula is C24H28N2O. The molecule has 1 N–H and O–H groups in total. The van der Waals surface area contributed by atoms with E-state index < -0.39 is 0 Å². The third-order valence-electron chi connectivity index (χ3n) is 6.85. The second-order valence-electron chi connectivity index (χ2n) is 8.61. The maximum atomic E-state index is 12.6. The molecule has 1 heterocycles. The lowest BCUT2D eigenvalue weighted by molar-refractivity contribution is 0.0923. The van der Waals surface area contributed by atoms with Crippen molar-refractivity contribution in [2.45, 2.75) is 51.1 Å². The highest BCUT2D eigenvalue weighted by Crippen LogP contribution is 2.44. The predicted molar refractivity (Wildman–Crippen MR) is 109 cm³/mol. The second-order valence-corrected chi connectivity index (χ2v) is 8.61. The molecule has 0 spiro atoms. The van der Waals surface area contributed by atoms with E-state index in [0.29, 0.717) is 6.04 Å². The van der Waals surface area contributed by atoms with Crippen molar-refractivity contribution in [2.75, 3.05) is 11.4 Å². The number of carbonyl (C=O) groups is 1. The van der Waals surface area contributed by atoms with E-state index in [2.05, 4.69) is 46.6 Å². The van der Waals surface area contributed by atoms with E-state index in [1.165, 1.54) is 55.3 Å². The summed E-state index contributed by atoms with van der Waals surface area (Å²) >= 11 is 0. The SMILES string of the molecule is O=C(N[C@@H]1C[C@H]2CC[C@H]1C2)c1ccc(CN2CCCc3ccccc32)cc1. The van der Waals surface area contributed by atoms with Gasteiger partial charge in [0.25, 0.3) is 5.91 Å². The fourth-order valence-electron chi connectivity index (χ4n) is 5.43. The number of carbonyl (C=O) groups excluding carboxylic acids is 1. The first-order chi connectivity index (χ1) is 13.3. The van der Waals surface area contributed by atoms with E-state index in [4.69, 9.17) is 0 Å². The number of nitrogens with zero attached hydrogens (tertiary/aromatic N) is 1. The summed E-state index contributed by atoms with van der Waals surface area (Å²) in [5.74, 6) is 1.68. The fourth-order valence-corrected chi connectivity index (χ4v) is 5.43. The fraction of sp³-hybridized carbons (Fsp3) is 0.458. The van der Waals surface area contributed by atoms with Gasteiger partial charge in [0, 0.05) is 30.4 Å². The number of aryl methyl sites for hydroxylation is 1. The third kappa shape index (κ3) is 3.36. The number of hydrogen-bond donors (Lipinski definition) is 1. The zero-order valence-corrected chi connectivity index (χ0v) is 15.9. The van der Waals surface area contributed by atoms with Gasteiger partial charge < -0.3 is 10.2 Å². The molecule has 5 rings (SSSR count). The molecule has 0 saturated heterocycles. The Morgan fingerprint density at radius 3 is 2.67 bits per heavy atom. The first-order valence-corrected chi connectivity index (χ1v) is 10.5. The molecule has 140 valence electrons. The van der Waals surface area contributed by atoms with Gasteiger partial charge in [-0.25, -0.2) is 0 Å². The molecule has 1 aliphatic heterocycles. The smallest absolute Gasteiger partial charge is 0.251 e. The Kier molecular flexibility index (Phi) is 4.39. The first-order valence-electron chi connectivity index (χ1n) is 10.5. The number of nitrogens with one attached hydrogen (secondary N) is 1. The van der Waals surface area contributed by atoms with Gasteiger partial charge in [-0.3, -0.25) is 4.79 Å². The summed E-state index contributed by atoms with van der Waals surface area (Å²) in [5.41, 5.74) is 4.87. The Hall–Kier alpha value is -2.29. The molecule has 2 aromatic carbocycles. The molecule has 2 fully saturated rings. The Morgan fingerprint density at radius 1 is 1.04 bits per heavy atom. The summed E-state index contributed by atoms with van der Waals surface area (Å²) in [7, 11) is 0. The average Bonchev–Trinajstić information content (AvgIpc) is 3.32. The molecule has 2 saturated carbocycles. The van der Waals surface area contributed by atoms with Crippen LogP contribution in [0.4, 0.5) is 5.69 Å². The zero-order valence-electron chi connectivity index (χ0n) is 15.9. The van der Waals surface area contributed by atoms with Crippen molar-refractivity contribution in [2.24, 2.45) is 11.8 Å². The van der Waals surface area contributed by atoms with Crippen molar-refractivity contribution >= 4 is 11.6 Å². The quantitative estimate of drug-likeness (QED) is 0.867. The minimum atomic E-state index is 0.0995. The Morgan fingerprint density at radius 2 is 1.89 bits per heavy atom. The largest absolute Gasteiger partial charge is 0.367 e. The van der Waals surface area contributed by atoms with Gasteiger partial charge in [0.1, 0.15) is 0 Å². The van der Waals surface area contributed by atoms with Gasteiger partial charge in [-0.2, -0.15) is 0 Å². The van der Waals surface area contributed by atoms with Crippen LogP contribution in [0, 0.1) is 11.8 Å². The summed E-state index contributed by atoms with van der Waals surface area (Å²) < 4.78 is 0. The molecule has 3 aliphatic rings. The molecule has 3 atom stereocenters. The number of amides is 1. The van der Waals surface area contributed by atoms with Crippen LogP contribution < -0.4 is 10.2 Å². The summed E-state index contributed by atoms with van der Waals surface area (Å²) in [6.45, 7) is 2.01. The normalized spacial score (nSPS) is 26.1. The van der Waals surface area contributed by atoms with Crippen LogP contribution in [0.25, 0.3) is 0 Å². The van der Waals surface area contributed by atoms with Crippen molar-refractivity contribution in [1.82, 2.24) is 5.32 Å². The van der Waals surface area contributed by atoms with Crippen molar-refractivity contribution in [3.8, 4) is 0 Å². The van der Waals surface area contributed by atoms with Crippen molar-refractivity contribution in [3.63, 3.8) is 0 Å². The summed E-state index contributed by atoms with van der Waals surface area (Å²) in [6.07, 6.45) is 7.55. The van der Waals surface area contributed by atoms with Gasteiger partial charge in [0.2, 0.25) is 0 Å². The van der Waals surface area contributed by atoms with E-state index in [1.54, 1.807) is 0 Å². The maximum Gasteiger partial charge on any atom is 0.251 e. The topological polar surface area (TPSA) is 32.3 Å². The van der Waals surface area contributed by atoms with Gasteiger partial charge >= 0.3 is 0 Å². The summed E-state index contributed by atoms with van der Waals surface area (Å²) in [5, 5.41) is 3.29. The van der Waals surface area contributed by atoms with Gasteiger partial charge in [0.05, 0.1) is 0 Å². The highest BCUT2D eigenvalue weighted by molar-refractivity contribution is 5.94. The van der Waals surface area contributed by atoms with Crippen LogP contribution in [-0.2, 0) is 13.0 Å². The molecule has 1 amide bonds. The number of para-hydroxylation sites is 1. The van der Waals surface area contributed by atoms with Crippen LogP contribution >= 0.6 is 0 Å². The standard InChI is InChI=1S/C24H28N2O/c27-24(25-22-15-18-9-12-21(22)14-18)20-10-7-17(8-11-20)16-26-13-3-5-19-4-1-2-6-23(19)26/h1-2,4,6-8,10-11,18,21-22H,3,5,9,12-16H2,(H,25,27)/t18-,21-,22+/m0/s1. The van der Waals surface area contributed by atoms with Crippen molar-refractivity contribution in [1.29, 1.82) is 0 Å². The second kappa shape index (κ2) is 7.03. The molecule has 0 aromatic heterocycles. The molecule has 0 unspecified atom stereocenters. The van der Waals surface area contributed by atoms with E-state index in [0.717, 1.165) is 30.5 Å². The minimum absolute atomic E-state index is 0.0995. The number of benzene rings is 2. The average molecular weight is 361 g/mol. The lowest BCUT2D eigenvalue weighted by atomic mass is 9.95.